The van der Waals surface area contributed by atoms with E-state index in [2.05, 4.69) is 6.07 Å². The molecule has 3 aromatic carbocycles. The normalized spacial score (nSPS) is 12.3. The van der Waals surface area contributed by atoms with Crippen molar-refractivity contribution in [2.75, 3.05) is 19.8 Å². The molecular formula is C25H28F3NO3. The van der Waals surface area contributed by atoms with E-state index in [1.165, 1.54) is 6.07 Å². The van der Waals surface area contributed by atoms with Gasteiger partial charge in [-0.15, -0.1) is 0 Å². The lowest BCUT2D eigenvalue weighted by Crippen LogP contribution is -2.47. The van der Waals surface area contributed by atoms with Crippen molar-refractivity contribution in [1.29, 1.82) is 0 Å². The van der Waals surface area contributed by atoms with Crippen LogP contribution in [0.2, 0.25) is 0 Å². The number of aryl methyl sites for hydroxylation is 2. The molecule has 0 fully saturated rings. The van der Waals surface area contributed by atoms with Crippen molar-refractivity contribution in [2.24, 2.45) is 5.73 Å². The van der Waals surface area contributed by atoms with Gasteiger partial charge in [-0.05, 0) is 59.7 Å². The van der Waals surface area contributed by atoms with Crippen LogP contribution in [0.4, 0.5) is 13.2 Å². The summed E-state index contributed by atoms with van der Waals surface area (Å²) in [5.41, 5.74) is 5.27. The molecule has 0 saturated heterocycles. The fraction of sp³-hybridized carbons (Fsp3) is 0.360. The molecule has 0 aromatic heterocycles. The standard InChI is InChI=1S/C25H28F3NO3/c26-25(27,28)22-15-19(11-12-24(29,16-30)17-31)8-10-23(22)32-13-3-4-18-7-9-20-5-1-2-6-21(20)14-18/h1-2,5-10,14-15,30-31H,3-4,11-13,16-17,29H2. The number of rotatable bonds is 10. The van der Waals surface area contributed by atoms with Crippen molar-refractivity contribution >= 4 is 10.8 Å². The average molecular weight is 447 g/mol. The predicted octanol–water partition coefficient (Wildman–Crippen LogP) is 4.48. The van der Waals surface area contributed by atoms with E-state index in [-0.39, 0.29) is 25.2 Å². The van der Waals surface area contributed by atoms with Gasteiger partial charge in [0, 0.05) is 0 Å². The number of halogens is 3. The first-order chi connectivity index (χ1) is 15.2. The number of alkyl halides is 3. The van der Waals surface area contributed by atoms with E-state index in [0.717, 1.165) is 22.4 Å². The van der Waals surface area contributed by atoms with Crippen LogP contribution < -0.4 is 10.5 Å². The lowest BCUT2D eigenvalue weighted by Gasteiger charge is -2.24. The van der Waals surface area contributed by atoms with Gasteiger partial charge in [0.2, 0.25) is 0 Å². The zero-order chi connectivity index (χ0) is 23.2. The lowest BCUT2D eigenvalue weighted by molar-refractivity contribution is -0.139. The number of benzene rings is 3. The summed E-state index contributed by atoms with van der Waals surface area (Å²) in [5, 5.41) is 20.8. The maximum atomic E-state index is 13.6. The largest absolute Gasteiger partial charge is 0.493 e. The van der Waals surface area contributed by atoms with Crippen LogP contribution in [0.3, 0.4) is 0 Å². The molecule has 3 aromatic rings. The molecule has 0 radical (unpaired) electrons. The van der Waals surface area contributed by atoms with E-state index >= 15 is 0 Å². The summed E-state index contributed by atoms with van der Waals surface area (Å²) in [5.74, 6) is -0.205. The smallest absolute Gasteiger partial charge is 0.419 e. The highest BCUT2D eigenvalue weighted by molar-refractivity contribution is 5.82. The Kier molecular flexibility index (Phi) is 7.77. The summed E-state index contributed by atoms with van der Waals surface area (Å²) >= 11 is 0. The van der Waals surface area contributed by atoms with Crippen LogP contribution >= 0.6 is 0 Å². The van der Waals surface area contributed by atoms with Crippen LogP contribution in [-0.2, 0) is 19.0 Å². The van der Waals surface area contributed by atoms with E-state index in [1.807, 2.05) is 36.4 Å². The molecule has 0 saturated carbocycles. The van der Waals surface area contributed by atoms with E-state index < -0.39 is 30.5 Å². The fourth-order valence-electron chi connectivity index (χ4n) is 3.53. The summed E-state index contributed by atoms with van der Waals surface area (Å²) in [6.07, 6.45) is -2.92. The Morgan fingerprint density at radius 1 is 0.812 bits per heavy atom. The lowest BCUT2D eigenvalue weighted by atomic mass is 9.93. The minimum atomic E-state index is -4.56. The van der Waals surface area contributed by atoms with Gasteiger partial charge in [-0.3, -0.25) is 0 Å². The Labute approximate surface area is 185 Å². The van der Waals surface area contributed by atoms with Crippen LogP contribution in [0.15, 0.2) is 60.7 Å². The van der Waals surface area contributed by atoms with Crippen molar-refractivity contribution in [2.45, 2.75) is 37.4 Å². The minimum absolute atomic E-state index is 0.156. The molecule has 32 heavy (non-hydrogen) atoms. The Balaban J connectivity index is 1.62. The van der Waals surface area contributed by atoms with Crippen molar-refractivity contribution < 1.29 is 28.1 Å². The molecular weight excluding hydrogens is 419 g/mol. The van der Waals surface area contributed by atoms with Crippen LogP contribution in [0.25, 0.3) is 10.8 Å². The first-order valence-electron chi connectivity index (χ1n) is 10.6. The third kappa shape index (κ3) is 6.22. The number of aliphatic hydroxyl groups excluding tert-OH is 2. The Morgan fingerprint density at radius 3 is 2.16 bits per heavy atom. The highest BCUT2D eigenvalue weighted by Gasteiger charge is 2.35. The molecule has 0 spiro atoms. The van der Waals surface area contributed by atoms with Gasteiger partial charge in [0.25, 0.3) is 0 Å². The second-order valence-corrected chi connectivity index (χ2v) is 8.14. The van der Waals surface area contributed by atoms with Crippen LogP contribution in [0.5, 0.6) is 5.75 Å². The average Bonchev–Trinajstić information content (AvgIpc) is 2.80. The van der Waals surface area contributed by atoms with E-state index in [0.29, 0.717) is 18.4 Å². The van der Waals surface area contributed by atoms with Crippen LogP contribution in [-0.4, -0.2) is 35.6 Å². The molecule has 0 atom stereocenters. The molecule has 0 amide bonds. The number of nitrogens with two attached hydrogens (primary N) is 1. The maximum absolute atomic E-state index is 13.6. The van der Waals surface area contributed by atoms with E-state index in [9.17, 15) is 23.4 Å². The second-order valence-electron chi connectivity index (χ2n) is 8.14. The number of fused-ring (bicyclic) bond motifs is 1. The molecule has 0 aliphatic carbocycles. The summed E-state index contributed by atoms with van der Waals surface area (Å²) in [4.78, 5) is 0. The molecule has 4 N–H and O–H groups in total. The number of hydrogen-bond donors (Lipinski definition) is 3. The van der Waals surface area contributed by atoms with Gasteiger partial charge in [0.05, 0.1) is 30.9 Å². The van der Waals surface area contributed by atoms with Gasteiger partial charge in [-0.25, -0.2) is 0 Å². The van der Waals surface area contributed by atoms with Crippen LogP contribution in [0, 0.1) is 0 Å². The zero-order valence-electron chi connectivity index (χ0n) is 17.7. The van der Waals surface area contributed by atoms with Gasteiger partial charge in [0.1, 0.15) is 5.75 Å². The Morgan fingerprint density at radius 2 is 1.47 bits per heavy atom. The molecule has 7 heteroatoms. The highest BCUT2D eigenvalue weighted by atomic mass is 19.4. The summed E-state index contributed by atoms with van der Waals surface area (Å²) < 4.78 is 46.2. The van der Waals surface area contributed by atoms with Gasteiger partial charge < -0.3 is 20.7 Å². The monoisotopic (exact) mass is 447 g/mol. The van der Waals surface area contributed by atoms with Crippen molar-refractivity contribution in [1.82, 2.24) is 0 Å². The van der Waals surface area contributed by atoms with Crippen LogP contribution in [0.1, 0.15) is 29.5 Å². The van der Waals surface area contributed by atoms with Gasteiger partial charge in [-0.1, -0.05) is 48.5 Å². The molecule has 0 unspecified atom stereocenters. The molecule has 0 heterocycles. The first-order valence-corrected chi connectivity index (χ1v) is 10.6. The van der Waals surface area contributed by atoms with Crippen molar-refractivity contribution in [3.8, 4) is 5.75 Å². The molecule has 172 valence electrons. The van der Waals surface area contributed by atoms with Gasteiger partial charge >= 0.3 is 6.18 Å². The molecule has 4 nitrogen and oxygen atoms in total. The first kappa shape index (κ1) is 24.0. The van der Waals surface area contributed by atoms with Gasteiger partial charge in [0.15, 0.2) is 0 Å². The van der Waals surface area contributed by atoms with Crippen molar-refractivity contribution in [3.63, 3.8) is 0 Å². The SMILES string of the molecule is NC(CO)(CO)CCc1ccc(OCCCc2ccc3ccccc3c2)c(C(F)(F)F)c1. The van der Waals surface area contributed by atoms with E-state index in [1.54, 1.807) is 6.07 Å². The third-order valence-corrected chi connectivity index (χ3v) is 5.57. The summed E-state index contributed by atoms with van der Waals surface area (Å²) in [6, 6.07) is 18.1. The van der Waals surface area contributed by atoms with Gasteiger partial charge in [-0.2, -0.15) is 13.2 Å². The summed E-state index contributed by atoms with van der Waals surface area (Å²) in [6.45, 7) is -0.738. The number of hydrogen-bond acceptors (Lipinski definition) is 4. The Bertz CT molecular complexity index is 1030. The molecule has 0 aliphatic rings. The van der Waals surface area contributed by atoms with E-state index in [4.69, 9.17) is 10.5 Å². The fourth-order valence-corrected chi connectivity index (χ4v) is 3.53. The highest BCUT2D eigenvalue weighted by Crippen LogP contribution is 2.37. The second kappa shape index (κ2) is 10.3. The van der Waals surface area contributed by atoms with Crippen molar-refractivity contribution in [3.05, 3.63) is 77.4 Å². The topological polar surface area (TPSA) is 75.7 Å². The summed E-state index contributed by atoms with van der Waals surface area (Å²) in [7, 11) is 0. The molecule has 0 bridgehead atoms. The number of ether oxygens (including phenoxy) is 1. The molecule has 3 rings (SSSR count). The predicted molar refractivity (Wildman–Crippen MR) is 119 cm³/mol. The zero-order valence-corrected chi connectivity index (χ0v) is 17.7. The minimum Gasteiger partial charge on any atom is -0.493 e. The third-order valence-electron chi connectivity index (χ3n) is 5.57. The number of aliphatic hydroxyl groups is 2. The maximum Gasteiger partial charge on any atom is 0.419 e. The Hall–Kier alpha value is -2.61. The molecule has 0 aliphatic heterocycles. The quantitative estimate of drug-likeness (QED) is 0.401.